The molecule has 11 aromatic rings. The van der Waals surface area contributed by atoms with Crippen LogP contribution in [0, 0.1) is 0 Å². The average molecular weight is 605 g/mol. The number of benzene rings is 7. The Balaban J connectivity index is 1.38. The summed E-state index contributed by atoms with van der Waals surface area (Å²) in [7, 11) is 0. The first kappa shape index (κ1) is 23.2. The fourth-order valence-electron chi connectivity index (χ4n) is 7.73. The normalized spacial score (nSPS) is 13.0. The molecule has 0 saturated carbocycles. The Morgan fingerprint density at radius 2 is 0.773 bits per heavy atom. The molecule has 0 saturated heterocycles. The van der Waals surface area contributed by atoms with Crippen LogP contribution in [-0.4, -0.2) is 18.8 Å². The predicted molar refractivity (Wildman–Crippen MR) is 180 cm³/mol. The van der Waals surface area contributed by atoms with E-state index in [9.17, 15) is 9.59 Å². The van der Waals surface area contributed by atoms with Gasteiger partial charge in [0.15, 0.2) is 0 Å². The summed E-state index contributed by atoms with van der Waals surface area (Å²) in [5.41, 5.74) is 3.81. The van der Waals surface area contributed by atoms with E-state index in [1.165, 1.54) is 0 Å². The molecule has 0 amide bonds. The van der Waals surface area contributed by atoms with E-state index in [-0.39, 0.29) is 11.1 Å². The minimum atomic E-state index is -0.124. The summed E-state index contributed by atoms with van der Waals surface area (Å²) in [5, 5.41) is 12.1. The van der Waals surface area contributed by atoms with Crippen molar-refractivity contribution in [2.75, 3.05) is 0 Å². The van der Waals surface area contributed by atoms with E-state index in [1.807, 2.05) is 36.4 Å². The van der Waals surface area contributed by atoms with E-state index in [0.29, 0.717) is 43.1 Å². The molecule has 0 aliphatic carbocycles. The van der Waals surface area contributed by atoms with Crippen LogP contribution in [0.5, 0.6) is 0 Å². The van der Waals surface area contributed by atoms with E-state index < -0.39 is 0 Å². The molecule has 0 fully saturated rings. The van der Waals surface area contributed by atoms with E-state index >= 15 is 0 Å². The zero-order valence-electron chi connectivity index (χ0n) is 22.4. The smallest absolute Gasteiger partial charge is 0.264 e. The van der Waals surface area contributed by atoms with Crippen LogP contribution in [0.25, 0.3) is 98.0 Å². The molecule has 0 aliphatic heterocycles. The van der Waals surface area contributed by atoms with Gasteiger partial charge in [-0.15, -0.1) is 0 Å². The molecule has 0 N–H and O–H groups in total. The van der Waals surface area contributed by atoms with E-state index in [4.69, 9.17) is 33.2 Å². The summed E-state index contributed by atoms with van der Waals surface area (Å²) in [6.07, 6.45) is 0. The lowest BCUT2D eigenvalue weighted by Crippen LogP contribution is -2.14. The number of halogens is 2. The van der Waals surface area contributed by atoms with Gasteiger partial charge in [0.1, 0.15) is 11.3 Å². The second kappa shape index (κ2) is 7.42. The number of rotatable bonds is 0. The number of nitrogens with zero attached hydrogens (tertiary/aromatic N) is 4. The van der Waals surface area contributed by atoms with Gasteiger partial charge in [0.05, 0.1) is 22.1 Å². The van der Waals surface area contributed by atoms with Crippen LogP contribution < -0.4 is 11.1 Å². The van der Waals surface area contributed by atoms with Crippen molar-refractivity contribution in [1.29, 1.82) is 0 Å². The third kappa shape index (κ3) is 2.50. The zero-order chi connectivity index (χ0) is 29.2. The highest BCUT2D eigenvalue weighted by Crippen LogP contribution is 2.45. The molecule has 0 bridgehead atoms. The van der Waals surface area contributed by atoms with Gasteiger partial charge in [-0.05, 0) is 93.0 Å². The summed E-state index contributed by atoms with van der Waals surface area (Å²) in [6.45, 7) is 0. The fourth-order valence-corrected chi connectivity index (χ4v) is 8.06. The van der Waals surface area contributed by atoms with Gasteiger partial charge in [-0.1, -0.05) is 47.5 Å². The summed E-state index contributed by atoms with van der Waals surface area (Å²) >= 11 is 12.6. The largest absolute Gasteiger partial charge is 0.268 e. The predicted octanol–water partition coefficient (Wildman–Crippen LogP) is 8.55. The van der Waals surface area contributed by atoms with Crippen LogP contribution in [0.3, 0.4) is 0 Å². The molecule has 4 aromatic heterocycles. The number of fused-ring (bicyclic) bond motifs is 10. The lowest BCUT2D eigenvalue weighted by molar-refractivity contribution is 1.19. The van der Waals surface area contributed by atoms with Gasteiger partial charge in [0, 0.05) is 42.4 Å². The lowest BCUT2D eigenvalue weighted by atomic mass is 9.86. The molecule has 0 spiro atoms. The maximum Gasteiger partial charge on any atom is 0.264 e. The first-order valence-corrected chi connectivity index (χ1v) is 14.9. The van der Waals surface area contributed by atoms with E-state index in [0.717, 1.165) is 64.9 Å². The summed E-state index contributed by atoms with van der Waals surface area (Å²) in [6, 6.07) is 27.1. The van der Waals surface area contributed by atoms with Gasteiger partial charge in [-0.25, -0.2) is 9.97 Å². The second-order valence-corrected chi connectivity index (χ2v) is 12.4. The SMILES string of the molecule is O=c1c2ccc3c4ccc5c6c(ccc(c7ccc(c2c37)c2nc3ccc(Cl)cc3n12)c46)c(=O)n1c2cc(Cl)ccc2nc51. The average Bonchev–Trinajstić information content (AvgIpc) is 3.60. The first-order chi connectivity index (χ1) is 21.5. The topological polar surface area (TPSA) is 68.7 Å². The number of hydrogen-bond donors (Lipinski definition) is 0. The minimum absolute atomic E-state index is 0.124. The molecule has 44 heavy (non-hydrogen) atoms. The minimum Gasteiger partial charge on any atom is -0.268 e. The number of aromatic nitrogens is 4. The highest BCUT2D eigenvalue weighted by molar-refractivity contribution is 6.40. The van der Waals surface area contributed by atoms with Crippen molar-refractivity contribution < 1.29 is 0 Å². The number of pyridine rings is 2. The monoisotopic (exact) mass is 604 g/mol. The molecule has 0 aliphatic rings. The molecular formula is C36H14Cl2N4O2. The highest BCUT2D eigenvalue weighted by Gasteiger charge is 2.24. The van der Waals surface area contributed by atoms with Gasteiger partial charge >= 0.3 is 0 Å². The molecule has 8 heteroatoms. The van der Waals surface area contributed by atoms with Crippen LogP contribution in [0.15, 0.2) is 94.5 Å². The van der Waals surface area contributed by atoms with Crippen molar-refractivity contribution in [2.24, 2.45) is 0 Å². The Labute approximate surface area is 254 Å². The first-order valence-electron chi connectivity index (χ1n) is 14.1. The van der Waals surface area contributed by atoms with Gasteiger partial charge in [0.2, 0.25) is 0 Å². The van der Waals surface area contributed by atoms with Crippen molar-refractivity contribution in [3.05, 3.63) is 116 Å². The standard InChI is InChI=1S/C36H14Cl2N4O2/c37-15-1-11-25-27(13-15)41-33(39-25)21-7-3-17-20-6-10-24-32-22(34-40-26-12-2-16(38)14-28(26)42(34)36(24)44)8-4-18(30(20)32)19-5-9-23(35(41)43)31(21)29(17)19/h1-14H. The Hall–Kier alpha value is -5.30. The van der Waals surface area contributed by atoms with Gasteiger partial charge in [-0.3, -0.25) is 18.4 Å². The quantitative estimate of drug-likeness (QED) is 0.128. The van der Waals surface area contributed by atoms with Crippen molar-refractivity contribution >= 4 is 121 Å². The summed E-state index contributed by atoms with van der Waals surface area (Å²) in [5.74, 6) is 0. The van der Waals surface area contributed by atoms with Crippen LogP contribution >= 0.6 is 23.2 Å². The van der Waals surface area contributed by atoms with Crippen LogP contribution in [0.2, 0.25) is 10.0 Å². The molecule has 6 nitrogen and oxygen atoms in total. The molecular weight excluding hydrogens is 591 g/mol. The van der Waals surface area contributed by atoms with Crippen LogP contribution in [0.1, 0.15) is 0 Å². The molecule has 204 valence electrons. The van der Waals surface area contributed by atoms with Crippen molar-refractivity contribution in [3.63, 3.8) is 0 Å². The molecule has 4 heterocycles. The Morgan fingerprint density at radius 1 is 0.432 bits per heavy atom. The van der Waals surface area contributed by atoms with Crippen LogP contribution in [-0.2, 0) is 0 Å². The van der Waals surface area contributed by atoms with Crippen molar-refractivity contribution in [3.8, 4) is 0 Å². The third-order valence-electron chi connectivity index (χ3n) is 9.48. The third-order valence-corrected chi connectivity index (χ3v) is 9.95. The van der Waals surface area contributed by atoms with E-state index in [2.05, 4.69) is 24.3 Å². The Kier molecular flexibility index (Phi) is 3.91. The van der Waals surface area contributed by atoms with Gasteiger partial charge in [0.25, 0.3) is 11.1 Å². The molecule has 0 unspecified atom stereocenters. The summed E-state index contributed by atoms with van der Waals surface area (Å²) in [4.78, 5) is 37.9. The van der Waals surface area contributed by atoms with Gasteiger partial charge < -0.3 is 0 Å². The zero-order valence-corrected chi connectivity index (χ0v) is 24.0. The van der Waals surface area contributed by atoms with Crippen LogP contribution in [0.4, 0.5) is 0 Å². The Bertz CT molecular complexity index is 3000. The number of imidazole rings is 2. The maximum atomic E-state index is 14.1. The summed E-state index contributed by atoms with van der Waals surface area (Å²) < 4.78 is 3.35. The molecule has 11 rings (SSSR count). The molecule has 0 radical (unpaired) electrons. The van der Waals surface area contributed by atoms with Crippen molar-refractivity contribution in [1.82, 2.24) is 18.8 Å². The van der Waals surface area contributed by atoms with Crippen molar-refractivity contribution in [2.45, 2.75) is 0 Å². The second-order valence-electron chi connectivity index (χ2n) is 11.6. The lowest BCUT2D eigenvalue weighted by Gasteiger charge is -2.18. The molecule has 0 atom stereocenters. The van der Waals surface area contributed by atoms with E-state index in [1.54, 1.807) is 33.1 Å². The Morgan fingerprint density at radius 3 is 1.18 bits per heavy atom. The number of hydrogen-bond acceptors (Lipinski definition) is 4. The van der Waals surface area contributed by atoms with Gasteiger partial charge in [-0.2, -0.15) is 0 Å². The fraction of sp³-hybridized carbons (Fsp3) is 0. The maximum absolute atomic E-state index is 14.1. The highest BCUT2D eigenvalue weighted by atomic mass is 35.5. The molecule has 7 aromatic carbocycles.